The molecular formula is C14H18N2O5. The molecule has 3 N–H and O–H groups in total. The molecule has 21 heavy (non-hydrogen) atoms. The van der Waals surface area contributed by atoms with Crippen LogP contribution in [0.25, 0.3) is 0 Å². The predicted molar refractivity (Wildman–Crippen MR) is 75.3 cm³/mol. The fraction of sp³-hybridized carbons (Fsp3) is 0.429. The van der Waals surface area contributed by atoms with Crippen LogP contribution in [0.2, 0.25) is 0 Å². The lowest BCUT2D eigenvalue weighted by atomic mass is 10.2. The van der Waals surface area contributed by atoms with Crippen molar-refractivity contribution in [2.45, 2.75) is 19.4 Å². The van der Waals surface area contributed by atoms with Crippen LogP contribution >= 0.6 is 0 Å². The smallest absolute Gasteiger partial charge is 0.332 e. The van der Waals surface area contributed by atoms with E-state index in [4.69, 9.17) is 19.9 Å². The highest BCUT2D eigenvalue weighted by Gasteiger charge is 2.23. The molecule has 0 aliphatic carbocycles. The second kappa shape index (κ2) is 6.94. The van der Waals surface area contributed by atoms with Gasteiger partial charge in [-0.3, -0.25) is 4.79 Å². The first-order chi connectivity index (χ1) is 10.1. The summed E-state index contributed by atoms with van der Waals surface area (Å²) < 4.78 is 15.7. The fourth-order valence-electron chi connectivity index (χ4n) is 1.80. The molecular weight excluding hydrogens is 276 g/mol. The number of carbonyl (C=O) groups excluding carboxylic acids is 2. The summed E-state index contributed by atoms with van der Waals surface area (Å²) in [5, 5.41) is 2.55. The number of carbonyl (C=O) groups is 2. The summed E-state index contributed by atoms with van der Waals surface area (Å²) in [5.74, 6) is -0.220. The molecule has 0 bridgehead atoms. The summed E-state index contributed by atoms with van der Waals surface area (Å²) in [6.45, 7) is 2.95. The number of fused-ring (bicyclic) bond motifs is 1. The first-order valence-corrected chi connectivity index (χ1v) is 6.74. The molecule has 0 saturated heterocycles. The van der Waals surface area contributed by atoms with Crippen LogP contribution < -0.4 is 20.5 Å². The molecule has 0 fully saturated rings. The lowest BCUT2D eigenvalue weighted by molar-refractivity contribution is -0.146. The minimum Gasteiger partial charge on any atom is -0.490 e. The van der Waals surface area contributed by atoms with E-state index >= 15 is 0 Å². The SMILES string of the molecule is CCOC(=O)C(N)C(=O)Nc1ccc2c(c1)OCCCO2. The third-order valence-electron chi connectivity index (χ3n) is 2.84. The van der Waals surface area contributed by atoms with Crippen molar-refractivity contribution in [2.75, 3.05) is 25.1 Å². The third-order valence-corrected chi connectivity index (χ3v) is 2.84. The number of ether oxygens (including phenoxy) is 3. The molecule has 2 rings (SSSR count). The normalized spacial score (nSPS) is 14.8. The Morgan fingerprint density at radius 2 is 2.05 bits per heavy atom. The second-order valence-electron chi connectivity index (χ2n) is 4.43. The Balaban J connectivity index is 2.04. The van der Waals surface area contributed by atoms with Crippen molar-refractivity contribution in [1.82, 2.24) is 0 Å². The fourth-order valence-corrected chi connectivity index (χ4v) is 1.80. The van der Waals surface area contributed by atoms with Gasteiger partial charge in [0.25, 0.3) is 5.91 Å². The van der Waals surface area contributed by atoms with Crippen LogP contribution in [0.15, 0.2) is 18.2 Å². The zero-order chi connectivity index (χ0) is 15.2. The van der Waals surface area contributed by atoms with Crippen LogP contribution in [-0.2, 0) is 14.3 Å². The predicted octanol–water partition coefficient (Wildman–Crippen LogP) is 0.677. The van der Waals surface area contributed by atoms with E-state index in [9.17, 15) is 9.59 Å². The Kier molecular flexibility index (Phi) is 4.99. The van der Waals surface area contributed by atoms with Gasteiger partial charge in [0.2, 0.25) is 0 Å². The maximum Gasteiger partial charge on any atom is 0.332 e. The molecule has 0 aromatic heterocycles. The van der Waals surface area contributed by atoms with E-state index < -0.39 is 17.9 Å². The Morgan fingerprint density at radius 1 is 1.33 bits per heavy atom. The largest absolute Gasteiger partial charge is 0.490 e. The zero-order valence-corrected chi connectivity index (χ0v) is 11.8. The van der Waals surface area contributed by atoms with E-state index in [2.05, 4.69) is 5.32 Å². The van der Waals surface area contributed by atoms with Crippen molar-refractivity contribution in [3.8, 4) is 11.5 Å². The standard InChI is InChI=1S/C14H18N2O5/c1-2-19-14(18)12(15)13(17)16-9-4-5-10-11(8-9)21-7-3-6-20-10/h4-5,8,12H,2-3,6-7,15H2,1H3,(H,16,17). The highest BCUT2D eigenvalue weighted by molar-refractivity contribution is 6.08. The molecule has 1 aliphatic heterocycles. The van der Waals surface area contributed by atoms with Crippen molar-refractivity contribution < 1.29 is 23.8 Å². The summed E-state index contributed by atoms with van der Waals surface area (Å²) in [6, 6.07) is 3.63. The summed E-state index contributed by atoms with van der Waals surface area (Å²) in [7, 11) is 0. The molecule has 0 saturated carbocycles. The second-order valence-corrected chi connectivity index (χ2v) is 4.43. The minimum atomic E-state index is -1.36. The quantitative estimate of drug-likeness (QED) is 0.625. The topological polar surface area (TPSA) is 99.9 Å². The summed E-state index contributed by atoms with van der Waals surface area (Å²) >= 11 is 0. The Hall–Kier alpha value is -2.28. The monoisotopic (exact) mass is 294 g/mol. The molecule has 114 valence electrons. The molecule has 1 aromatic rings. The molecule has 7 nitrogen and oxygen atoms in total. The lowest BCUT2D eigenvalue weighted by Crippen LogP contribution is -2.43. The van der Waals surface area contributed by atoms with Gasteiger partial charge in [0.1, 0.15) is 0 Å². The van der Waals surface area contributed by atoms with Gasteiger partial charge in [-0.05, 0) is 19.1 Å². The lowest BCUT2D eigenvalue weighted by Gasteiger charge is -2.13. The van der Waals surface area contributed by atoms with Gasteiger partial charge in [-0.15, -0.1) is 0 Å². The molecule has 1 atom stereocenters. The number of hydrogen-bond donors (Lipinski definition) is 2. The van der Waals surface area contributed by atoms with Gasteiger partial charge in [0, 0.05) is 18.2 Å². The van der Waals surface area contributed by atoms with E-state index in [1.807, 2.05) is 0 Å². The van der Waals surface area contributed by atoms with Crippen molar-refractivity contribution in [3.05, 3.63) is 18.2 Å². The Labute approximate surface area is 122 Å². The third kappa shape index (κ3) is 3.85. The molecule has 0 radical (unpaired) electrons. The number of amides is 1. The zero-order valence-electron chi connectivity index (χ0n) is 11.8. The summed E-state index contributed by atoms with van der Waals surface area (Å²) in [5.41, 5.74) is 5.99. The molecule has 1 unspecified atom stereocenters. The van der Waals surface area contributed by atoms with Gasteiger partial charge in [0.15, 0.2) is 17.5 Å². The van der Waals surface area contributed by atoms with Crippen molar-refractivity contribution in [2.24, 2.45) is 5.73 Å². The van der Waals surface area contributed by atoms with Gasteiger partial charge in [-0.1, -0.05) is 0 Å². The maximum absolute atomic E-state index is 11.9. The van der Waals surface area contributed by atoms with Crippen LogP contribution in [0.3, 0.4) is 0 Å². The van der Waals surface area contributed by atoms with Crippen LogP contribution in [0.5, 0.6) is 11.5 Å². The number of hydrogen-bond acceptors (Lipinski definition) is 6. The number of rotatable bonds is 4. The van der Waals surface area contributed by atoms with Crippen molar-refractivity contribution >= 4 is 17.6 Å². The highest BCUT2D eigenvalue weighted by atomic mass is 16.5. The number of nitrogens with two attached hydrogens (primary N) is 1. The van der Waals surface area contributed by atoms with Gasteiger partial charge < -0.3 is 25.3 Å². The summed E-state index contributed by atoms with van der Waals surface area (Å²) in [6.07, 6.45) is 0.796. The molecule has 0 spiro atoms. The number of esters is 1. The molecule has 1 amide bonds. The highest BCUT2D eigenvalue weighted by Crippen LogP contribution is 2.32. The Bertz CT molecular complexity index is 532. The van der Waals surface area contributed by atoms with Gasteiger partial charge >= 0.3 is 5.97 Å². The van der Waals surface area contributed by atoms with E-state index in [-0.39, 0.29) is 6.61 Å². The number of benzene rings is 1. The average molecular weight is 294 g/mol. The van der Waals surface area contributed by atoms with Crippen LogP contribution in [0, 0.1) is 0 Å². The van der Waals surface area contributed by atoms with Crippen molar-refractivity contribution in [3.63, 3.8) is 0 Å². The van der Waals surface area contributed by atoms with Gasteiger partial charge in [-0.25, -0.2) is 4.79 Å². The first kappa shape index (κ1) is 15.1. The van der Waals surface area contributed by atoms with Crippen LogP contribution in [-0.4, -0.2) is 37.7 Å². The minimum absolute atomic E-state index is 0.170. The molecule has 1 aliphatic rings. The molecule has 1 aromatic carbocycles. The number of nitrogens with one attached hydrogen (secondary N) is 1. The number of anilines is 1. The molecule has 1 heterocycles. The van der Waals surface area contributed by atoms with E-state index in [0.29, 0.717) is 30.4 Å². The van der Waals surface area contributed by atoms with Crippen molar-refractivity contribution in [1.29, 1.82) is 0 Å². The van der Waals surface area contributed by atoms with Gasteiger partial charge in [0.05, 0.1) is 19.8 Å². The molecule has 7 heteroatoms. The average Bonchev–Trinajstić information content (AvgIpc) is 2.71. The van der Waals surface area contributed by atoms with Crippen LogP contribution in [0.1, 0.15) is 13.3 Å². The Morgan fingerprint density at radius 3 is 2.76 bits per heavy atom. The maximum atomic E-state index is 11.9. The van der Waals surface area contributed by atoms with E-state index in [1.165, 1.54) is 0 Å². The van der Waals surface area contributed by atoms with E-state index in [1.54, 1.807) is 25.1 Å². The van der Waals surface area contributed by atoms with Crippen LogP contribution in [0.4, 0.5) is 5.69 Å². The first-order valence-electron chi connectivity index (χ1n) is 6.74. The van der Waals surface area contributed by atoms with Gasteiger partial charge in [-0.2, -0.15) is 0 Å². The van der Waals surface area contributed by atoms with E-state index in [0.717, 1.165) is 6.42 Å². The summed E-state index contributed by atoms with van der Waals surface area (Å²) in [4.78, 5) is 23.3.